The second-order valence-corrected chi connectivity index (χ2v) is 4.75. The molecule has 3 aliphatic rings. The second kappa shape index (κ2) is 2.01. The van der Waals surface area contributed by atoms with E-state index >= 15 is 0 Å². The molecule has 0 aromatic carbocycles. The number of fused-ring (bicyclic) bond motifs is 5. The van der Waals surface area contributed by atoms with Crippen molar-refractivity contribution in [1.82, 2.24) is 0 Å². The van der Waals surface area contributed by atoms with Crippen molar-refractivity contribution in [3.8, 4) is 0 Å². The molecule has 1 N–H and O–H groups in total. The van der Waals surface area contributed by atoms with E-state index in [-0.39, 0.29) is 0 Å². The molecule has 0 amide bonds. The highest BCUT2D eigenvalue weighted by atomic mass is 16.3. The maximum absolute atomic E-state index is 9.06. The van der Waals surface area contributed by atoms with E-state index in [4.69, 9.17) is 5.11 Å². The Bertz CT molecular complexity index is 176. The summed E-state index contributed by atoms with van der Waals surface area (Å²) in [6.07, 6.45) is 5.83. The van der Waals surface area contributed by atoms with Crippen LogP contribution in [0.4, 0.5) is 0 Å². The van der Waals surface area contributed by atoms with Crippen LogP contribution in [0.5, 0.6) is 0 Å². The molecule has 0 spiro atoms. The highest BCUT2D eigenvalue weighted by molar-refractivity contribution is 5.05. The van der Waals surface area contributed by atoms with Crippen LogP contribution in [-0.4, -0.2) is 11.7 Å². The molecule has 0 aromatic rings. The molecule has 0 aromatic heterocycles. The maximum atomic E-state index is 9.06. The van der Waals surface area contributed by atoms with Gasteiger partial charge in [0.2, 0.25) is 0 Å². The SMILES string of the molecule is OCC1CC2C3CCC(C3)C12. The van der Waals surface area contributed by atoms with E-state index < -0.39 is 0 Å². The number of aliphatic hydroxyl groups is 1. The van der Waals surface area contributed by atoms with E-state index in [1.54, 1.807) is 0 Å². The molecule has 0 radical (unpaired) electrons. The zero-order chi connectivity index (χ0) is 7.42. The predicted molar refractivity (Wildman–Crippen MR) is 43.0 cm³/mol. The Morgan fingerprint density at radius 3 is 2.64 bits per heavy atom. The normalized spacial score (nSPS) is 59.2. The van der Waals surface area contributed by atoms with Crippen molar-refractivity contribution < 1.29 is 5.11 Å². The number of hydrogen-bond donors (Lipinski definition) is 1. The zero-order valence-corrected chi connectivity index (χ0v) is 6.87. The molecular formula is C10H16O. The molecule has 3 saturated carbocycles. The molecule has 62 valence electrons. The Morgan fingerprint density at radius 1 is 1.09 bits per heavy atom. The summed E-state index contributed by atoms with van der Waals surface area (Å²) in [5.41, 5.74) is 0. The Labute approximate surface area is 67.8 Å². The quantitative estimate of drug-likeness (QED) is 0.606. The lowest BCUT2D eigenvalue weighted by Gasteiger charge is -2.47. The van der Waals surface area contributed by atoms with Crippen LogP contribution >= 0.6 is 0 Å². The average Bonchev–Trinajstić information content (AvgIpc) is 2.43. The van der Waals surface area contributed by atoms with Gasteiger partial charge in [-0.2, -0.15) is 0 Å². The summed E-state index contributed by atoms with van der Waals surface area (Å²) in [6, 6.07) is 0. The molecule has 1 nitrogen and oxygen atoms in total. The summed E-state index contributed by atoms with van der Waals surface area (Å²) < 4.78 is 0. The first kappa shape index (κ1) is 6.47. The van der Waals surface area contributed by atoms with Gasteiger partial charge in [-0.05, 0) is 55.3 Å². The topological polar surface area (TPSA) is 20.2 Å². The lowest BCUT2D eigenvalue weighted by Crippen LogP contribution is -2.42. The smallest absolute Gasteiger partial charge is 0.0462 e. The third kappa shape index (κ3) is 0.658. The summed E-state index contributed by atoms with van der Waals surface area (Å²) in [7, 11) is 0. The zero-order valence-electron chi connectivity index (χ0n) is 6.87. The van der Waals surface area contributed by atoms with Crippen molar-refractivity contribution in [2.45, 2.75) is 25.7 Å². The van der Waals surface area contributed by atoms with Gasteiger partial charge in [0.25, 0.3) is 0 Å². The minimum absolute atomic E-state index is 0.463. The molecule has 0 aliphatic heterocycles. The van der Waals surface area contributed by atoms with Gasteiger partial charge >= 0.3 is 0 Å². The molecule has 3 fully saturated rings. The van der Waals surface area contributed by atoms with Gasteiger partial charge in [0, 0.05) is 6.61 Å². The molecule has 3 rings (SSSR count). The van der Waals surface area contributed by atoms with E-state index in [2.05, 4.69) is 0 Å². The molecule has 0 heterocycles. The van der Waals surface area contributed by atoms with Gasteiger partial charge in [-0.3, -0.25) is 0 Å². The highest BCUT2D eigenvalue weighted by Crippen LogP contribution is 2.63. The Morgan fingerprint density at radius 2 is 1.91 bits per heavy atom. The monoisotopic (exact) mass is 152 g/mol. The van der Waals surface area contributed by atoms with Crippen molar-refractivity contribution in [2.75, 3.05) is 6.61 Å². The first-order valence-corrected chi connectivity index (χ1v) is 5.01. The minimum atomic E-state index is 0.463. The fourth-order valence-corrected chi connectivity index (χ4v) is 4.05. The Hall–Kier alpha value is -0.0400. The molecule has 3 aliphatic carbocycles. The standard InChI is InChI=1S/C10H16O/c11-5-8-4-9-6-1-2-7(3-6)10(8)9/h6-11H,1-5H2. The first-order chi connectivity index (χ1) is 5.40. The Balaban J connectivity index is 1.80. The minimum Gasteiger partial charge on any atom is -0.396 e. The van der Waals surface area contributed by atoms with Crippen LogP contribution in [0.1, 0.15) is 25.7 Å². The lowest BCUT2D eigenvalue weighted by atomic mass is 9.59. The summed E-state index contributed by atoms with van der Waals surface area (Å²) in [5, 5.41) is 9.06. The van der Waals surface area contributed by atoms with Gasteiger partial charge in [0.15, 0.2) is 0 Å². The number of rotatable bonds is 1. The number of hydrogen-bond acceptors (Lipinski definition) is 1. The molecule has 11 heavy (non-hydrogen) atoms. The van der Waals surface area contributed by atoms with E-state index in [1.807, 2.05) is 0 Å². The van der Waals surface area contributed by atoms with E-state index in [1.165, 1.54) is 25.7 Å². The summed E-state index contributed by atoms with van der Waals surface area (Å²) in [5.74, 6) is 4.81. The van der Waals surface area contributed by atoms with Gasteiger partial charge in [0.05, 0.1) is 0 Å². The maximum Gasteiger partial charge on any atom is 0.0462 e. The first-order valence-electron chi connectivity index (χ1n) is 5.01. The van der Waals surface area contributed by atoms with Gasteiger partial charge in [-0.15, -0.1) is 0 Å². The summed E-state index contributed by atoms with van der Waals surface area (Å²) in [4.78, 5) is 0. The van der Waals surface area contributed by atoms with Gasteiger partial charge in [-0.1, -0.05) is 0 Å². The number of aliphatic hydroxyl groups excluding tert-OH is 1. The van der Waals surface area contributed by atoms with E-state index in [9.17, 15) is 0 Å². The van der Waals surface area contributed by atoms with Crippen LogP contribution in [0.3, 0.4) is 0 Å². The van der Waals surface area contributed by atoms with Crippen LogP contribution in [0, 0.1) is 29.6 Å². The molecule has 5 atom stereocenters. The summed E-state index contributed by atoms with van der Waals surface area (Å²) >= 11 is 0. The fraction of sp³-hybridized carbons (Fsp3) is 1.00. The third-order valence-electron chi connectivity index (χ3n) is 4.51. The van der Waals surface area contributed by atoms with Crippen LogP contribution in [0.25, 0.3) is 0 Å². The molecule has 2 bridgehead atoms. The molecule has 0 saturated heterocycles. The lowest BCUT2D eigenvalue weighted by molar-refractivity contribution is -0.0146. The van der Waals surface area contributed by atoms with Gasteiger partial charge in [-0.25, -0.2) is 0 Å². The molecule has 1 heteroatoms. The second-order valence-electron chi connectivity index (χ2n) is 4.75. The molecule has 5 unspecified atom stereocenters. The van der Waals surface area contributed by atoms with E-state index in [0.717, 1.165) is 23.7 Å². The third-order valence-corrected chi connectivity index (χ3v) is 4.51. The van der Waals surface area contributed by atoms with Gasteiger partial charge in [0.1, 0.15) is 0 Å². The van der Waals surface area contributed by atoms with Crippen LogP contribution in [0.15, 0.2) is 0 Å². The van der Waals surface area contributed by atoms with Crippen LogP contribution < -0.4 is 0 Å². The van der Waals surface area contributed by atoms with Crippen molar-refractivity contribution in [1.29, 1.82) is 0 Å². The largest absolute Gasteiger partial charge is 0.396 e. The van der Waals surface area contributed by atoms with Crippen molar-refractivity contribution >= 4 is 0 Å². The summed E-state index contributed by atoms with van der Waals surface area (Å²) in [6.45, 7) is 0.463. The van der Waals surface area contributed by atoms with Gasteiger partial charge < -0.3 is 5.11 Å². The van der Waals surface area contributed by atoms with Crippen molar-refractivity contribution in [3.63, 3.8) is 0 Å². The van der Waals surface area contributed by atoms with E-state index in [0.29, 0.717) is 12.5 Å². The molecular weight excluding hydrogens is 136 g/mol. The highest BCUT2D eigenvalue weighted by Gasteiger charge is 2.56. The van der Waals surface area contributed by atoms with Crippen LogP contribution in [-0.2, 0) is 0 Å². The van der Waals surface area contributed by atoms with Crippen molar-refractivity contribution in [2.24, 2.45) is 29.6 Å². The van der Waals surface area contributed by atoms with Crippen molar-refractivity contribution in [3.05, 3.63) is 0 Å². The Kier molecular flexibility index (Phi) is 1.18. The fourth-order valence-electron chi connectivity index (χ4n) is 4.05. The predicted octanol–water partition coefficient (Wildman–Crippen LogP) is 1.66. The average molecular weight is 152 g/mol. The van der Waals surface area contributed by atoms with Crippen LogP contribution in [0.2, 0.25) is 0 Å².